The van der Waals surface area contributed by atoms with Gasteiger partial charge in [0.1, 0.15) is 6.10 Å². The van der Waals surface area contributed by atoms with Crippen molar-refractivity contribution in [1.82, 2.24) is 15.0 Å². The second kappa shape index (κ2) is 6.01. The Morgan fingerprint density at radius 1 is 1.21 bits per heavy atom. The summed E-state index contributed by atoms with van der Waals surface area (Å²) in [6, 6.07) is 0. The summed E-state index contributed by atoms with van der Waals surface area (Å²) >= 11 is 0. The SMILES string of the molecule is CN1CCC(Cc2noc([C@@H]3CCCCO3)n2)CC1. The van der Waals surface area contributed by atoms with Gasteiger partial charge in [0.2, 0.25) is 0 Å². The van der Waals surface area contributed by atoms with E-state index in [1.54, 1.807) is 0 Å². The van der Waals surface area contributed by atoms with E-state index < -0.39 is 0 Å². The zero-order chi connectivity index (χ0) is 13.1. The predicted molar refractivity (Wildman–Crippen MR) is 70.8 cm³/mol. The van der Waals surface area contributed by atoms with Crippen LogP contribution in [0, 0.1) is 5.92 Å². The lowest BCUT2D eigenvalue weighted by molar-refractivity contribution is -0.00459. The van der Waals surface area contributed by atoms with Gasteiger partial charge in [-0.2, -0.15) is 4.98 Å². The number of ether oxygens (including phenoxy) is 1. The fraction of sp³-hybridized carbons (Fsp3) is 0.857. The molecule has 2 aliphatic heterocycles. The van der Waals surface area contributed by atoms with Crippen LogP contribution in [0.5, 0.6) is 0 Å². The summed E-state index contributed by atoms with van der Waals surface area (Å²) in [6.07, 6.45) is 6.80. The number of likely N-dealkylation sites (tertiary alicyclic amines) is 1. The monoisotopic (exact) mass is 265 g/mol. The summed E-state index contributed by atoms with van der Waals surface area (Å²) in [5.41, 5.74) is 0. The maximum Gasteiger partial charge on any atom is 0.255 e. The van der Waals surface area contributed by atoms with E-state index in [4.69, 9.17) is 9.26 Å². The van der Waals surface area contributed by atoms with Crippen molar-refractivity contribution in [3.63, 3.8) is 0 Å². The lowest BCUT2D eigenvalue weighted by atomic mass is 9.93. The Kier molecular flexibility index (Phi) is 4.13. The first-order valence-electron chi connectivity index (χ1n) is 7.44. The van der Waals surface area contributed by atoms with Gasteiger partial charge in [-0.15, -0.1) is 0 Å². The fourth-order valence-electron chi connectivity index (χ4n) is 2.94. The zero-order valence-electron chi connectivity index (χ0n) is 11.7. The lowest BCUT2D eigenvalue weighted by Gasteiger charge is -2.28. The van der Waals surface area contributed by atoms with Crippen molar-refractivity contribution in [1.29, 1.82) is 0 Å². The van der Waals surface area contributed by atoms with E-state index >= 15 is 0 Å². The molecule has 5 nitrogen and oxygen atoms in total. The topological polar surface area (TPSA) is 51.4 Å². The van der Waals surface area contributed by atoms with Gasteiger partial charge >= 0.3 is 0 Å². The van der Waals surface area contributed by atoms with Crippen LogP contribution in [-0.4, -0.2) is 41.8 Å². The van der Waals surface area contributed by atoms with Gasteiger partial charge in [-0.05, 0) is 58.2 Å². The van der Waals surface area contributed by atoms with Crippen molar-refractivity contribution in [3.8, 4) is 0 Å². The molecular weight excluding hydrogens is 242 g/mol. The van der Waals surface area contributed by atoms with Crippen molar-refractivity contribution in [2.45, 2.75) is 44.6 Å². The van der Waals surface area contributed by atoms with E-state index in [2.05, 4.69) is 22.1 Å². The second-order valence-corrected chi connectivity index (χ2v) is 5.85. The lowest BCUT2D eigenvalue weighted by Crippen LogP contribution is -2.31. The average Bonchev–Trinajstić information content (AvgIpc) is 2.91. The van der Waals surface area contributed by atoms with Crippen molar-refractivity contribution in [3.05, 3.63) is 11.7 Å². The second-order valence-electron chi connectivity index (χ2n) is 5.85. The highest BCUT2D eigenvalue weighted by molar-refractivity contribution is 4.93. The Morgan fingerprint density at radius 2 is 2.05 bits per heavy atom. The molecule has 1 atom stereocenters. The molecule has 0 unspecified atom stereocenters. The largest absolute Gasteiger partial charge is 0.368 e. The number of aromatic nitrogens is 2. The fourth-order valence-corrected chi connectivity index (χ4v) is 2.94. The third-order valence-corrected chi connectivity index (χ3v) is 4.25. The van der Waals surface area contributed by atoms with E-state index in [9.17, 15) is 0 Å². The highest BCUT2D eigenvalue weighted by Gasteiger charge is 2.24. The van der Waals surface area contributed by atoms with E-state index in [1.165, 1.54) is 32.4 Å². The average molecular weight is 265 g/mol. The Bertz CT molecular complexity index is 393. The Labute approximate surface area is 114 Å². The van der Waals surface area contributed by atoms with Gasteiger partial charge in [-0.1, -0.05) is 5.16 Å². The van der Waals surface area contributed by atoms with E-state index in [0.717, 1.165) is 31.7 Å². The first-order valence-corrected chi connectivity index (χ1v) is 7.44. The Hall–Kier alpha value is -0.940. The molecule has 0 bridgehead atoms. The van der Waals surface area contributed by atoms with E-state index in [0.29, 0.717) is 11.8 Å². The molecule has 3 rings (SSSR count). The third-order valence-electron chi connectivity index (χ3n) is 4.25. The maximum atomic E-state index is 5.68. The number of hydrogen-bond donors (Lipinski definition) is 0. The highest BCUT2D eigenvalue weighted by Crippen LogP contribution is 2.27. The van der Waals surface area contributed by atoms with Crippen molar-refractivity contribution in [2.75, 3.05) is 26.7 Å². The molecule has 19 heavy (non-hydrogen) atoms. The number of nitrogens with zero attached hydrogens (tertiary/aromatic N) is 3. The molecule has 106 valence electrons. The van der Waals surface area contributed by atoms with Gasteiger partial charge in [0.05, 0.1) is 0 Å². The summed E-state index contributed by atoms with van der Waals surface area (Å²) in [6.45, 7) is 3.18. The molecule has 0 aromatic carbocycles. The van der Waals surface area contributed by atoms with Crippen LogP contribution in [0.25, 0.3) is 0 Å². The van der Waals surface area contributed by atoms with Gasteiger partial charge in [-0.25, -0.2) is 0 Å². The van der Waals surface area contributed by atoms with Gasteiger partial charge in [-0.3, -0.25) is 0 Å². The van der Waals surface area contributed by atoms with Crippen LogP contribution in [0.1, 0.15) is 49.9 Å². The molecule has 3 heterocycles. The third kappa shape index (κ3) is 3.34. The van der Waals surface area contributed by atoms with Crippen LogP contribution < -0.4 is 0 Å². The molecule has 1 aromatic heterocycles. The van der Waals surface area contributed by atoms with Crippen LogP contribution in [0.2, 0.25) is 0 Å². The van der Waals surface area contributed by atoms with Gasteiger partial charge in [0, 0.05) is 13.0 Å². The molecule has 5 heteroatoms. The molecule has 1 aromatic rings. The Balaban J connectivity index is 1.55. The minimum absolute atomic E-state index is 0.0347. The summed E-state index contributed by atoms with van der Waals surface area (Å²) in [5.74, 6) is 2.25. The van der Waals surface area contributed by atoms with Gasteiger partial charge in [0.25, 0.3) is 5.89 Å². The quantitative estimate of drug-likeness (QED) is 0.838. The van der Waals surface area contributed by atoms with Crippen molar-refractivity contribution >= 4 is 0 Å². The van der Waals surface area contributed by atoms with Crippen LogP contribution in [-0.2, 0) is 11.2 Å². The minimum Gasteiger partial charge on any atom is -0.368 e. The van der Waals surface area contributed by atoms with Crippen LogP contribution in [0.3, 0.4) is 0 Å². The summed E-state index contributed by atoms with van der Waals surface area (Å²) < 4.78 is 11.0. The Morgan fingerprint density at radius 3 is 2.79 bits per heavy atom. The standard InChI is InChI=1S/C14H23N3O2/c1-17-7-5-11(6-8-17)10-13-15-14(19-16-13)12-4-2-3-9-18-12/h11-12H,2-10H2,1H3/t12-/m0/s1. The molecule has 0 saturated carbocycles. The molecule has 2 aliphatic rings. The zero-order valence-corrected chi connectivity index (χ0v) is 11.7. The molecule has 0 aliphatic carbocycles. The summed E-state index contributed by atoms with van der Waals surface area (Å²) in [4.78, 5) is 6.91. The smallest absolute Gasteiger partial charge is 0.255 e. The molecular formula is C14H23N3O2. The normalized spacial score (nSPS) is 26.7. The molecule has 0 amide bonds. The van der Waals surface area contributed by atoms with Crippen molar-refractivity contribution < 1.29 is 9.26 Å². The van der Waals surface area contributed by atoms with Crippen LogP contribution in [0.4, 0.5) is 0 Å². The van der Waals surface area contributed by atoms with Gasteiger partial charge < -0.3 is 14.2 Å². The molecule has 0 spiro atoms. The molecule has 0 radical (unpaired) electrons. The minimum atomic E-state index is 0.0347. The first kappa shape index (κ1) is 13.1. The molecule has 0 N–H and O–H groups in total. The summed E-state index contributed by atoms with van der Waals surface area (Å²) in [5, 5.41) is 4.12. The van der Waals surface area contributed by atoms with Gasteiger partial charge in [0.15, 0.2) is 5.82 Å². The van der Waals surface area contributed by atoms with E-state index in [-0.39, 0.29) is 6.10 Å². The van der Waals surface area contributed by atoms with Crippen LogP contribution in [0.15, 0.2) is 4.52 Å². The first-order chi connectivity index (χ1) is 9.31. The number of piperidine rings is 1. The maximum absolute atomic E-state index is 5.68. The highest BCUT2D eigenvalue weighted by atomic mass is 16.5. The summed E-state index contributed by atoms with van der Waals surface area (Å²) in [7, 11) is 2.18. The molecule has 2 fully saturated rings. The molecule has 2 saturated heterocycles. The number of rotatable bonds is 3. The predicted octanol–water partition coefficient (Wildman–Crippen LogP) is 2.20. The van der Waals surface area contributed by atoms with Crippen molar-refractivity contribution in [2.24, 2.45) is 5.92 Å². The van der Waals surface area contributed by atoms with E-state index in [1.807, 2.05) is 0 Å². The van der Waals surface area contributed by atoms with Crippen LogP contribution >= 0.6 is 0 Å². The number of hydrogen-bond acceptors (Lipinski definition) is 5.